The van der Waals surface area contributed by atoms with Crippen LogP contribution in [0, 0.1) is 0 Å². The minimum absolute atomic E-state index is 0.619. The maximum absolute atomic E-state index is 10.4. The molecule has 0 bridgehead atoms. The van der Waals surface area contributed by atoms with Gasteiger partial charge in [0.15, 0.2) is 0 Å². The predicted octanol–water partition coefficient (Wildman–Crippen LogP) is 4.31. The Kier molecular flexibility index (Phi) is 10.9. The van der Waals surface area contributed by atoms with Crippen LogP contribution in [0.3, 0.4) is 0 Å². The summed E-state index contributed by atoms with van der Waals surface area (Å²) in [7, 11) is 0. The molecule has 2 rings (SSSR count). The van der Waals surface area contributed by atoms with E-state index in [-0.39, 0.29) is 0 Å². The Morgan fingerprint density at radius 1 is 0.533 bits per heavy atom. The summed E-state index contributed by atoms with van der Waals surface area (Å²) in [5.41, 5.74) is 3.06. The number of aliphatic carboxylic acids is 2. The van der Waals surface area contributed by atoms with Gasteiger partial charge in [-0.15, -0.1) is 0 Å². The summed E-state index contributed by atoms with van der Waals surface area (Å²) in [4.78, 5) is 41.0. The van der Waals surface area contributed by atoms with Crippen LogP contribution in [0.2, 0.25) is 0 Å². The third-order valence-corrected chi connectivity index (χ3v) is 3.42. The van der Waals surface area contributed by atoms with Crippen molar-refractivity contribution in [1.82, 2.24) is 0 Å². The van der Waals surface area contributed by atoms with E-state index in [1.165, 1.54) is 12.2 Å². The van der Waals surface area contributed by atoms with Crippen LogP contribution in [0.1, 0.15) is 31.8 Å². The fourth-order valence-corrected chi connectivity index (χ4v) is 1.98. The number of carboxylic acid groups (broad SMARTS) is 2. The number of carbonyl (C=O) groups is 4. The normalized spacial score (nSPS) is 10.9. The third kappa shape index (κ3) is 10.7. The number of allylic oxidation sites excluding steroid dienone is 4. The minimum atomic E-state index is -0.976. The van der Waals surface area contributed by atoms with Gasteiger partial charge in [-0.2, -0.15) is 0 Å². The topological polar surface area (TPSA) is 109 Å². The van der Waals surface area contributed by atoms with Crippen molar-refractivity contribution in [3.63, 3.8) is 0 Å². The van der Waals surface area contributed by atoms with Gasteiger partial charge in [0.1, 0.15) is 12.6 Å². The lowest BCUT2D eigenvalue weighted by molar-refractivity contribution is -0.132. The van der Waals surface area contributed by atoms with Crippen molar-refractivity contribution in [3.8, 4) is 0 Å². The van der Waals surface area contributed by atoms with Crippen molar-refractivity contribution in [2.45, 2.75) is 0 Å². The first kappa shape index (κ1) is 23.7. The maximum atomic E-state index is 10.4. The Hall–Kier alpha value is -4.32. The second-order valence-corrected chi connectivity index (χ2v) is 5.68. The number of benzene rings is 2. The smallest absolute Gasteiger partial charge is 0.328 e. The molecular weight excluding hydrogens is 384 g/mol. The Morgan fingerprint density at radius 2 is 0.833 bits per heavy atom. The predicted molar refractivity (Wildman–Crippen MR) is 115 cm³/mol. The van der Waals surface area contributed by atoms with Gasteiger partial charge in [0.2, 0.25) is 0 Å². The van der Waals surface area contributed by atoms with Gasteiger partial charge in [-0.1, -0.05) is 85.0 Å². The molecule has 6 heteroatoms. The molecule has 0 unspecified atom stereocenters. The van der Waals surface area contributed by atoms with Crippen molar-refractivity contribution in [1.29, 1.82) is 0 Å². The lowest BCUT2D eigenvalue weighted by Gasteiger charge is -1.92. The lowest BCUT2D eigenvalue weighted by atomic mass is 10.1. The van der Waals surface area contributed by atoms with Crippen molar-refractivity contribution in [2.75, 3.05) is 0 Å². The number of rotatable bonds is 8. The van der Waals surface area contributed by atoms with E-state index < -0.39 is 11.9 Å². The van der Waals surface area contributed by atoms with Crippen molar-refractivity contribution < 1.29 is 29.4 Å². The van der Waals surface area contributed by atoms with Crippen LogP contribution in [0.5, 0.6) is 0 Å². The average molecular weight is 404 g/mol. The van der Waals surface area contributed by atoms with E-state index in [4.69, 9.17) is 10.2 Å². The highest BCUT2D eigenvalue weighted by atomic mass is 16.4. The molecule has 2 aromatic carbocycles. The second kappa shape index (κ2) is 13.8. The Morgan fingerprint density at radius 3 is 1.10 bits per heavy atom. The molecule has 152 valence electrons. The summed E-state index contributed by atoms with van der Waals surface area (Å²) in [5.74, 6) is -1.95. The van der Waals surface area contributed by atoms with Gasteiger partial charge in [-0.05, 0) is 11.1 Å². The monoisotopic (exact) mass is 404 g/mol. The highest BCUT2D eigenvalue weighted by Crippen LogP contribution is 2.05. The molecule has 0 radical (unpaired) electrons. The van der Waals surface area contributed by atoms with E-state index >= 15 is 0 Å². The lowest BCUT2D eigenvalue weighted by Crippen LogP contribution is -1.84. The molecule has 2 aromatic rings. The van der Waals surface area contributed by atoms with E-state index in [1.807, 2.05) is 0 Å². The van der Waals surface area contributed by atoms with Crippen LogP contribution in [-0.2, 0) is 9.59 Å². The minimum Gasteiger partial charge on any atom is -0.478 e. The van der Waals surface area contributed by atoms with Crippen LogP contribution >= 0.6 is 0 Å². The average Bonchev–Trinajstić information content (AvgIpc) is 2.75. The number of carbonyl (C=O) groups excluding carboxylic acids is 2. The quantitative estimate of drug-likeness (QED) is 0.386. The zero-order chi connectivity index (χ0) is 22.2. The highest BCUT2D eigenvalue weighted by molar-refractivity contribution is 5.81. The van der Waals surface area contributed by atoms with Crippen LogP contribution in [0.4, 0.5) is 0 Å². The van der Waals surface area contributed by atoms with Crippen molar-refractivity contribution in [3.05, 3.63) is 107 Å². The van der Waals surface area contributed by atoms with E-state index in [1.54, 1.807) is 72.8 Å². The first-order valence-corrected chi connectivity index (χ1v) is 8.70. The SMILES string of the molecule is O=Cc1ccc(C=CC=CC(=O)O)cc1.O=Cc1ccc(C=CC=CC(=O)O)cc1. The molecule has 0 aliphatic heterocycles. The molecule has 0 heterocycles. The molecular formula is C24H20O6. The van der Waals surface area contributed by atoms with Crippen LogP contribution < -0.4 is 0 Å². The summed E-state index contributed by atoms with van der Waals surface area (Å²) < 4.78 is 0. The zero-order valence-electron chi connectivity index (χ0n) is 15.9. The molecule has 0 aliphatic rings. The van der Waals surface area contributed by atoms with Crippen LogP contribution in [0.15, 0.2) is 85.0 Å². The molecule has 0 fully saturated rings. The van der Waals surface area contributed by atoms with E-state index in [2.05, 4.69) is 0 Å². The maximum Gasteiger partial charge on any atom is 0.328 e. The van der Waals surface area contributed by atoms with E-state index in [0.717, 1.165) is 35.9 Å². The largest absolute Gasteiger partial charge is 0.478 e. The molecule has 0 atom stereocenters. The molecule has 0 spiro atoms. The fourth-order valence-electron chi connectivity index (χ4n) is 1.98. The Balaban J connectivity index is 0.000000300. The van der Waals surface area contributed by atoms with Crippen LogP contribution in [0.25, 0.3) is 12.2 Å². The Labute approximate surface area is 173 Å². The molecule has 0 aliphatic carbocycles. The Bertz CT molecular complexity index is 880. The number of hydrogen-bond acceptors (Lipinski definition) is 4. The van der Waals surface area contributed by atoms with E-state index in [0.29, 0.717) is 11.1 Å². The highest BCUT2D eigenvalue weighted by Gasteiger charge is 1.89. The van der Waals surface area contributed by atoms with Crippen molar-refractivity contribution >= 4 is 36.7 Å². The standard InChI is InChI=1S/2C12H10O3/c2*13-9-11-7-5-10(6-8-11)3-1-2-4-12(14)15/h2*1-9H,(H,14,15). The molecule has 0 aromatic heterocycles. The summed E-state index contributed by atoms with van der Waals surface area (Å²) in [6.45, 7) is 0. The third-order valence-electron chi connectivity index (χ3n) is 3.42. The van der Waals surface area contributed by atoms with Gasteiger partial charge in [0.05, 0.1) is 0 Å². The number of carboxylic acids is 2. The second-order valence-electron chi connectivity index (χ2n) is 5.68. The first-order valence-electron chi connectivity index (χ1n) is 8.70. The van der Waals surface area contributed by atoms with Gasteiger partial charge in [0.25, 0.3) is 0 Å². The summed E-state index contributed by atoms with van der Waals surface area (Å²) in [6.07, 6.45) is 13.3. The number of aldehydes is 2. The first-order chi connectivity index (χ1) is 14.4. The molecule has 30 heavy (non-hydrogen) atoms. The molecule has 0 saturated carbocycles. The number of hydrogen-bond donors (Lipinski definition) is 2. The van der Waals surface area contributed by atoms with Gasteiger partial charge in [-0.25, -0.2) is 9.59 Å². The molecule has 0 amide bonds. The van der Waals surface area contributed by atoms with Gasteiger partial charge in [-0.3, -0.25) is 9.59 Å². The van der Waals surface area contributed by atoms with Crippen molar-refractivity contribution in [2.24, 2.45) is 0 Å². The zero-order valence-corrected chi connectivity index (χ0v) is 15.9. The van der Waals surface area contributed by atoms with Gasteiger partial charge >= 0.3 is 11.9 Å². The van der Waals surface area contributed by atoms with Gasteiger partial charge < -0.3 is 10.2 Å². The van der Waals surface area contributed by atoms with Crippen LogP contribution in [-0.4, -0.2) is 34.7 Å². The van der Waals surface area contributed by atoms with Gasteiger partial charge in [0, 0.05) is 23.3 Å². The molecule has 2 N–H and O–H groups in total. The molecule has 0 saturated heterocycles. The van der Waals surface area contributed by atoms with E-state index in [9.17, 15) is 19.2 Å². The summed E-state index contributed by atoms with van der Waals surface area (Å²) in [5, 5.41) is 16.6. The fraction of sp³-hybridized carbons (Fsp3) is 0. The summed E-state index contributed by atoms with van der Waals surface area (Å²) >= 11 is 0. The molecule has 6 nitrogen and oxygen atoms in total. The summed E-state index contributed by atoms with van der Waals surface area (Å²) in [6, 6.07) is 14.0.